The molecule has 0 fully saturated rings. The van der Waals surface area contributed by atoms with Gasteiger partial charge in [-0.25, -0.2) is 9.37 Å². The first-order valence-corrected chi connectivity index (χ1v) is 5.31. The third kappa shape index (κ3) is 1.54. The first-order chi connectivity index (χ1) is 7.83. The number of halogens is 1. The molecule has 0 radical (unpaired) electrons. The highest BCUT2D eigenvalue weighted by Gasteiger charge is 2.16. The Hall–Kier alpha value is -1.90. The minimum absolute atomic E-state index is 0.170. The number of nitrogens with one attached hydrogen (secondary N) is 1. The van der Waals surface area contributed by atoms with Gasteiger partial charge in [-0.05, 0) is 47.8 Å². The van der Waals surface area contributed by atoms with Gasteiger partial charge in [0, 0.05) is 0 Å². The van der Waals surface area contributed by atoms with E-state index in [-0.39, 0.29) is 5.82 Å². The molecule has 0 unspecified atom stereocenters. The summed E-state index contributed by atoms with van der Waals surface area (Å²) in [6, 6.07) is 5.01. The largest absolute Gasteiger partial charge is 0.345 e. The minimum Gasteiger partial charge on any atom is -0.345 e. The maximum atomic E-state index is 13.2. The molecule has 0 saturated carbocycles. The lowest BCUT2D eigenvalue weighted by Crippen LogP contribution is -1.83. The van der Waals surface area contributed by atoms with Gasteiger partial charge in [0.1, 0.15) is 5.82 Å². The molecular formula is C13H11FN2. The van der Waals surface area contributed by atoms with E-state index in [1.165, 1.54) is 17.2 Å². The molecule has 0 bridgehead atoms. The van der Waals surface area contributed by atoms with E-state index in [2.05, 4.69) is 9.97 Å². The molecule has 0 amide bonds. The SMILES string of the molecule is Fc1ccc2c(c1)/C(=C/c1cnc[nH]1)CC2. The maximum absolute atomic E-state index is 13.2. The standard InChI is InChI=1S/C13H11FN2/c14-11-4-3-9-1-2-10(13(9)6-11)5-12-7-15-8-16-12/h3-8H,1-2H2,(H,15,16)/b10-5+. The van der Waals surface area contributed by atoms with Crippen LogP contribution in [0.5, 0.6) is 0 Å². The molecule has 3 heteroatoms. The van der Waals surface area contributed by atoms with Crippen molar-refractivity contribution < 1.29 is 4.39 Å². The fourth-order valence-electron chi connectivity index (χ4n) is 2.15. The van der Waals surface area contributed by atoms with E-state index in [4.69, 9.17) is 0 Å². The van der Waals surface area contributed by atoms with Crippen LogP contribution in [0, 0.1) is 5.82 Å². The molecule has 0 aliphatic heterocycles. The van der Waals surface area contributed by atoms with E-state index >= 15 is 0 Å². The number of aryl methyl sites for hydroxylation is 1. The molecule has 2 nitrogen and oxygen atoms in total. The molecular weight excluding hydrogens is 203 g/mol. The van der Waals surface area contributed by atoms with Gasteiger partial charge in [-0.1, -0.05) is 6.07 Å². The third-order valence-corrected chi connectivity index (χ3v) is 2.93. The number of H-pyrrole nitrogens is 1. The van der Waals surface area contributed by atoms with Gasteiger partial charge < -0.3 is 4.98 Å². The van der Waals surface area contributed by atoms with Crippen molar-refractivity contribution in [2.45, 2.75) is 12.8 Å². The number of imidazole rings is 1. The second-order valence-corrected chi connectivity index (χ2v) is 3.98. The number of aromatic nitrogens is 2. The van der Waals surface area contributed by atoms with Gasteiger partial charge in [0.2, 0.25) is 0 Å². The number of hydrogen-bond donors (Lipinski definition) is 1. The molecule has 2 aromatic rings. The predicted molar refractivity (Wildman–Crippen MR) is 61.2 cm³/mol. The molecule has 0 atom stereocenters. The van der Waals surface area contributed by atoms with E-state index in [0.717, 1.165) is 24.1 Å². The minimum atomic E-state index is -0.170. The predicted octanol–water partition coefficient (Wildman–Crippen LogP) is 3.04. The van der Waals surface area contributed by atoms with Crippen molar-refractivity contribution in [2.24, 2.45) is 0 Å². The van der Waals surface area contributed by atoms with Crippen molar-refractivity contribution in [1.82, 2.24) is 9.97 Å². The van der Waals surface area contributed by atoms with Crippen LogP contribution in [0.25, 0.3) is 11.6 Å². The van der Waals surface area contributed by atoms with Gasteiger partial charge in [-0.3, -0.25) is 0 Å². The Morgan fingerprint density at radius 3 is 3.06 bits per heavy atom. The number of fused-ring (bicyclic) bond motifs is 1. The molecule has 0 saturated heterocycles. The molecule has 1 aromatic carbocycles. The second-order valence-electron chi connectivity index (χ2n) is 3.98. The van der Waals surface area contributed by atoms with E-state index in [0.29, 0.717) is 0 Å². The first-order valence-electron chi connectivity index (χ1n) is 5.31. The number of benzene rings is 1. The van der Waals surface area contributed by atoms with Crippen LogP contribution in [0.1, 0.15) is 23.2 Å². The highest BCUT2D eigenvalue weighted by molar-refractivity contribution is 5.84. The summed E-state index contributed by atoms with van der Waals surface area (Å²) in [5.41, 5.74) is 4.41. The molecule has 1 aromatic heterocycles. The Balaban J connectivity index is 2.05. The van der Waals surface area contributed by atoms with Crippen molar-refractivity contribution in [2.75, 3.05) is 0 Å². The van der Waals surface area contributed by atoms with Gasteiger partial charge in [0.25, 0.3) is 0 Å². The van der Waals surface area contributed by atoms with Crippen LogP contribution in [0.2, 0.25) is 0 Å². The third-order valence-electron chi connectivity index (χ3n) is 2.93. The Morgan fingerprint density at radius 1 is 1.31 bits per heavy atom. The van der Waals surface area contributed by atoms with E-state index < -0.39 is 0 Å². The molecule has 3 rings (SSSR count). The number of allylic oxidation sites excluding steroid dienone is 1. The summed E-state index contributed by atoms with van der Waals surface area (Å²) in [5, 5.41) is 0. The van der Waals surface area contributed by atoms with Crippen LogP contribution in [-0.2, 0) is 6.42 Å². The normalized spacial score (nSPS) is 16.7. The summed E-state index contributed by atoms with van der Waals surface area (Å²) in [4.78, 5) is 6.99. The summed E-state index contributed by atoms with van der Waals surface area (Å²) in [6.45, 7) is 0. The van der Waals surface area contributed by atoms with Crippen molar-refractivity contribution in [3.63, 3.8) is 0 Å². The maximum Gasteiger partial charge on any atom is 0.123 e. The topological polar surface area (TPSA) is 28.7 Å². The second kappa shape index (κ2) is 3.59. The lowest BCUT2D eigenvalue weighted by atomic mass is 10.1. The number of hydrogen-bond acceptors (Lipinski definition) is 1. The van der Waals surface area contributed by atoms with Gasteiger partial charge >= 0.3 is 0 Å². The van der Waals surface area contributed by atoms with Crippen LogP contribution in [0.15, 0.2) is 30.7 Å². The van der Waals surface area contributed by atoms with Crippen molar-refractivity contribution >= 4 is 11.6 Å². The molecule has 80 valence electrons. The average molecular weight is 214 g/mol. The Labute approximate surface area is 92.8 Å². The van der Waals surface area contributed by atoms with Gasteiger partial charge in [-0.2, -0.15) is 0 Å². The molecule has 1 N–H and O–H groups in total. The van der Waals surface area contributed by atoms with Crippen molar-refractivity contribution in [3.05, 3.63) is 53.4 Å². The van der Waals surface area contributed by atoms with Crippen LogP contribution >= 0.6 is 0 Å². The summed E-state index contributed by atoms with van der Waals surface area (Å²) >= 11 is 0. The fourth-order valence-corrected chi connectivity index (χ4v) is 2.15. The summed E-state index contributed by atoms with van der Waals surface area (Å²) in [7, 11) is 0. The Bertz CT molecular complexity index is 541. The quantitative estimate of drug-likeness (QED) is 0.776. The zero-order valence-corrected chi connectivity index (χ0v) is 8.70. The zero-order chi connectivity index (χ0) is 11.0. The number of aromatic amines is 1. The molecule has 0 spiro atoms. The van der Waals surface area contributed by atoms with Gasteiger partial charge in [0.15, 0.2) is 0 Å². The smallest absolute Gasteiger partial charge is 0.123 e. The van der Waals surface area contributed by atoms with Crippen LogP contribution in [0.4, 0.5) is 4.39 Å². The lowest BCUT2D eigenvalue weighted by Gasteiger charge is -2.00. The highest BCUT2D eigenvalue weighted by Crippen LogP contribution is 2.33. The highest BCUT2D eigenvalue weighted by atomic mass is 19.1. The van der Waals surface area contributed by atoms with E-state index in [9.17, 15) is 4.39 Å². The van der Waals surface area contributed by atoms with Crippen LogP contribution < -0.4 is 0 Å². The number of rotatable bonds is 1. The average Bonchev–Trinajstić information content (AvgIpc) is 2.90. The van der Waals surface area contributed by atoms with Crippen LogP contribution in [0.3, 0.4) is 0 Å². The monoisotopic (exact) mass is 214 g/mol. The first kappa shape index (κ1) is 9.33. The van der Waals surface area contributed by atoms with Gasteiger partial charge in [-0.15, -0.1) is 0 Å². The zero-order valence-electron chi connectivity index (χ0n) is 8.70. The van der Waals surface area contributed by atoms with Crippen LogP contribution in [-0.4, -0.2) is 9.97 Å². The lowest BCUT2D eigenvalue weighted by molar-refractivity contribution is 0.627. The summed E-state index contributed by atoms with van der Waals surface area (Å²) in [5.74, 6) is -0.170. The van der Waals surface area contributed by atoms with E-state index in [1.807, 2.05) is 12.1 Å². The number of nitrogens with zero attached hydrogens (tertiary/aromatic N) is 1. The molecule has 16 heavy (non-hydrogen) atoms. The molecule has 1 aliphatic carbocycles. The van der Waals surface area contributed by atoms with E-state index in [1.54, 1.807) is 18.6 Å². The fraction of sp³-hybridized carbons (Fsp3) is 0.154. The molecule has 1 heterocycles. The Kier molecular flexibility index (Phi) is 2.10. The molecule has 1 aliphatic rings. The summed E-state index contributed by atoms with van der Waals surface area (Å²) in [6.07, 6.45) is 7.42. The van der Waals surface area contributed by atoms with Crippen molar-refractivity contribution in [1.29, 1.82) is 0 Å². The Morgan fingerprint density at radius 2 is 2.25 bits per heavy atom. The van der Waals surface area contributed by atoms with Gasteiger partial charge in [0.05, 0.1) is 18.2 Å². The van der Waals surface area contributed by atoms with Crippen molar-refractivity contribution in [3.8, 4) is 0 Å². The summed E-state index contributed by atoms with van der Waals surface area (Å²) < 4.78 is 13.2.